The third kappa shape index (κ3) is 2.54. The van der Waals surface area contributed by atoms with Crippen LogP contribution in [0.3, 0.4) is 0 Å². The molecule has 1 fully saturated rings. The number of methoxy groups -OCH3 is 1. The fourth-order valence-corrected chi connectivity index (χ4v) is 4.19. The number of nitrogens with one attached hydrogen (secondary N) is 1. The van der Waals surface area contributed by atoms with Gasteiger partial charge in [0.1, 0.15) is 0 Å². The number of carbonyl (C=O) groups is 1. The number of fused-ring (bicyclic) bond motifs is 1. The Bertz CT molecular complexity index is 522. The van der Waals surface area contributed by atoms with Crippen molar-refractivity contribution >= 4 is 11.7 Å². The summed E-state index contributed by atoms with van der Waals surface area (Å²) in [6.45, 7) is 2.07. The quantitative estimate of drug-likeness (QED) is 0.841. The average Bonchev–Trinajstić information content (AvgIpc) is 2.54. The molecule has 0 saturated heterocycles. The molecule has 1 aliphatic carbocycles. The molecule has 0 unspecified atom stereocenters. The van der Waals surface area contributed by atoms with E-state index in [1.54, 1.807) is 0 Å². The van der Waals surface area contributed by atoms with Gasteiger partial charge >= 0.3 is 5.97 Å². The molecule has 1 aromatic rings. The number of rotatable bonds is 2. The molecule has 3 nitrogen and oxygen atoms in total. The highest BCUT2D eigenvalue weighted by atomic mass is 16.5. The van der Waals surface area contributed by atoms with Crippen LogP contribution in [0.4, 0.5) is 5.69 Å². The smallest absolute Gasteiger partial charge is 0.313 e. The lowest BCUT2D eigenvalue weighted by atomic mass is 9.66. The molecular weight excluding hydrogens is 262 g/mol. The standard InChI is InChI=1S/C18H25NO2/c1-18(17(20)21-2)12-14-10-6-7-11-15(14)19-16(18)13-8-4-3-5-9-13/h6-7,10-11,13,16,19H,3-5,8-9,12H2,1-2H3/t16-,18+/m0/s1. The maximum absolute atomic E-state index is 12.5. The van der Waals surface area contributed by atoms with Gasteiger partial charge in [0.2, 0.25) is 0 Å². The van der Waals surface area contributed by atoms with Gasteiger partial charge in [-0.15, -0.1) is 0 Å². The first-order valence-electron chi connectivity index (χ1n) is 8.08. The Morgan fingerprint density at radius 2 is 1.95 bits per heavy atom. The van der Waals surface area contributed by atoms with Crippen molar-refractivity contribution in [2.45, 2.75) is 51.5 Å². The molecule has 1 N–H and O–H groups in total. The second-order valence-corrected chi connectivity index (χ2v) is 6.76. The monoisotopic (exact) mass is 287 g/mol. The first-order chi connectivity index (χ1) is 10.1. The first kappa shape index (κ1) is 14.4. The average molecular weight is 287 g/mol. The molecule has 21 heavy (non-hydrogen) atoms. The van der Waals surface area contributed by atoms with Crippen LogP contribution in [-0.2, 0) is 16.0 Å². The molecule has 3 heteroatoms. The maximum atomic E-state index is 12.5. The van der Waals surface area contributed by atoms with E-state index in [1.807, 2.05) is 6.07 Å². The predicted octanol–water partition coefficient (Wildman–Crippen LogP) is 3.78. The molecular formula is C18H25NO2. The Hall–Kier alpha value is -1.51. The SMILES string of the molecule is COC(=O)[C@]1(C)Cc2ccccc2N[C@H]1C1CCCCC1. The van der Waals surface area contributed by atoms with Crippen molar-refractivity contribution < 1.29 is 9.53 Å². The maximum Gasteiger partial charge on any atom is 0.313 e. The molecule has 1 heterocycles. The zero-order valence-corrected chi connectivity index (χ0v) is 13.0. The molecule has 0 amide bonds. The van der Waals surface area contributed by atoms with Crippen LogP contribution in [0.5, 0.6) is 0 Å². The highest BCUT2D eigenvalue weighted by Gasteiger charge is 2.48. The summed E-state index contributed by atoms with van der Waals surface area (Å²) in [6.07, 6.45) is 7.08. The van der Waals surface area contributed by atoms with E-state index in [0.29, 0.717) is 5.92 Å². The van der Waals surface area contributed by atoms with Gasteiger partial charge in [-0.3, -0.25) is 4.79 Å². The molecule has 1 saturated carbocycles. The van der Waals surface area contributed by atoms with Crippen molar-refractivity contribution in [3.63, 3.8) is 0 Å². The van der Waals surface area contributed by atoms with Crippen LogP contribution in [0.25, 0.3) is 0 Å². The molecule has 2 atom stereocenters. The van der Waals surface area contributed by atoms with Crippen LogP contribution in [0.2, 0.25) is 0 Å². The molecule has 0 spiro atoms. The number of hydrogen-bond donors (Lipinski definition) is 1. The minimum atomic E-state index is -0.467. The third-order valence-corrected chi connectivity index (χ3v) is 5.35. The number of anilines is 1. The summed E-state index contributed by atoms with van der Waals surface area (Å²) in [4.78, 5) is 12.5. The van der Waals surface area contributed by atoms with Gasteiger partial charge in [0.05, 0.1) is 12.5 Å². The lowest BCUT2D eigenvalue weighted by Crippen LogP contribution is -2.53. The van der Waals surface area contributed by atoms with Crippen LogP contribution in [0.1, 0.15) is 44.6 Å². The lowest BCUT2D eigenvalue weighted by Gasteiger charge is -2.46. The summed E-state index contributed by atoms with van der Waals surface area (Å²) in [5.41, 5.74) is 1.94. The minimum Gasteiger partial charge on any atom is -0.469 e. The van der Waals surface area contributed by atoms with Gasteiger partial charge in [-0.05, 0) is 43.7 Å². The number of esters is 1. The molecule has 114 valence electrons. The van der Waals surface area contributed by atoms with Crippen molar-refractivity contribution in [1.82, 2.24) is 0 Å². The molecule has 0 aromatic heterocycles. The van der Waals surface area contributed by atoms with Gasteiger partial charge in [-0.1, -0.05) is 37.5 Å². The first-order valence-corrected chi connectivity index (χ1v) is 8.08. The summed E-state index contributed by atoms with van der Waals surface area (Å²) in [6, 6.07) is 8.52. The second-order valence-electron chi connectivity index (χ2n) is 6.76. The zero-order valence-electron chi connectivity index (χ0n) is 13.0. The lowest BCUT2D eigenvalue weighted by molar-refractivity contribution is -0.154. The Morgan fingerprint density at radius 1 is 1.24 bits per heavy atom. The summed E-state index contributed by atoms with van der Waals surface area (Å²) in [5, 5.41) is 3.67. The van der Waals surface area contributed by atoms with Gasteiger partial charge in [0.25, 0.3) is 0 Å². The zero-order chi connectivity index (χ0) is 14.9. The van der Waals surface area contributed by atoms with Crippen LogP contribution in [-0.4, -0.2) is 19.1 Å². The van der Waals surface area contributed by atoms with Gasteiger partial charge in [0, 0.05) is 11.7 Å². The number of para-hydroxylation sites is 1. The highest BCUT2D eigenvalue weighted by Crippen LogP contribution is 2.44. The van der Waals surface area contributed by atoms with Crippen molar-refractivity contribution in [1.29, 1.82) is 0 Å². The normalized spacial score (nSPS) is 29.3. The van der Waals surface area contributed by atoms with Gasteiger partial charge in [-0.2, -0.15) is 0 Å². The summed E-state index contributed by atoms with van der Waals surface area (Å²) < 4.78 is 5.15. The summed E-state index contributed by atoms with van der Waals surface area (Å²) >= 11 is 0. The van der Waals surface area contributed by atoms with E-state index in [-0.39, 0.29) is 12.0 Å². The van der Waals surface area contributed by atoms with Crippen molar-refractivity contribution in [2.24, 2.45) is 11.3 Å². The third-order valence-electron chi connectivity index (χ3n) is 5.35. The predicted molar refractivity (Wildman–Crippen MR) is 84.3 cm³/mol. The second kappa shape index (κ2) is 5.70. The topological polar surface area (TPSA) is 38.3 Å². The van der Waals surface area contributed by atoms with Gasteiger partial charge < -0.3 is 10.1 Å². The van der Waals surface area contributed by atoms with Crippen molar-refractivity contribution in [2.75, 3.05) is 12.4 Å². The van der Waals surface area contributed by atoms with Crippen molar-refractivity contribution in [3.05, 3.63) is 29.8 Å². The van der Waals surface area contributed by atoms with E-state index < -0.39 is 5.41 Å². The van der Waals surface area contributed by atoms with E-state index in [2.05, 4.69) is 30.4 Å². The minimum absolute atomic E-state index is 0.0833. The highest BCUT2D eigenvalue weighted by molar-refractivity contribution is 5.80. The summed E-state index contributed by atoms with van der Waals surface area (Å²) in [5.74, 6) is 0.483. The van der Waals surface area contributed by atoms with E-state index >= 15 is 0 Å². The molecule has 0 bridgehead atoms. The fraction of sp³-hybridized carbons (Fsp3) is 0.611. The molecule has 3 rings (SSSR count). The van der Waals surface area contributed by atoms with Crippen LogP contribution >= 0.6 is 0 Å². The molecule has 2 aliphatic rings. The Morgan fingerprint density at radius 3 is 2.67 bits per heavy atom. The Labute approximate surface area is 127 Å². The number of carbonyl (C=O) groups excluding carboxylic acids is 1. The number of hydrogen-bond acceptors (Lipinski definition) is 3. The number of benzene rings is 1. The Kier molecular flexibility index (Phi) is 3.92. The Balaban J connectivity index is 1.96. The van der Waals surface area contributed by atoms with Gasteiger partial charge in [-0.25, -0.2) is 0 Å². The molecule has 1 aliphatic heterocycles. The van der Waals surface area contributed by atoms with Crippen LogP contribution < -0.4 is 5.32 Å². The fourth-order valence-electron chi connectivity index (χ4n) is 4.19. The van der Waals surface area contributed by atoms with E-state index in [4.69, 9.17) is 4.74 Å². The van der Waals surface area contributed by atoms with Crippen LogP contribution in [0, 0.1) is 11.3 Å². The van der Waals surface area contributed by atoms with E-state index in [9.17, 15) is 4.79 Å². The van der Waals surface area contributed by atoms with Crippen molar-refractivity contribution in [3.8, 4) is 0 Å². The van der Waals surface area contributed by atoms with Gasteiger partial charge in [0.15, 0.2) is 0 Å². The summed E-state index contributed by atoms with van der Waals surface area (Å²) in [7, 11) is 1.51. The largest absolute Gasteiger partial charge is 0.469 e. The molecule has 0 radical (unpaired) electrons. The van der Waals surface area contributed by atoms with E-state index in [0.717, 1.165) is 6.42 Å². The number of ether oxygens (including phenoxy) is 1. The van der Waals surface area contributed by atoms with E-state index in [1.165, 1.54) is 50.5 Å². The van der Waals surface area contributed by atoms with Crippen LogP contribution in [0.15, 0.2) is 24.3 Å². The molecule has 1 aromatic carbocycles.